The zero-order valence-electron chi connectivity index (χ0n) is 13.8. The normalized spacial score (nSPS) is 14.1. The number of anilines is 2. The average molecular weight is 362 g/mol. The molecule has 5 nitrogen and oxygen atoms in total. The molecule has 0 unspecified atom stereocenters. The van der Waals surface area contributed by atoms with Crippen molar-refractivity contribution in [2.45, 2.75) is 19.8 Å². The van der Waals surface area contributed by atoms with E-state index < -0.39 is 15.8 Å². The van der Waals surface area contributed by atoms with Crippen molar-refractivity contribution in [3.63, 3.8) is 0 Å². The average Bonchev–Trinajstić information content (AvgIpc) is 2.60. The Labute approximate surface area is 146 Å². The summed E-state index contributed by atoms with van der Waals surface area (Å²) in [7, 11) is -3.33. The number of carbonyl (C=O) groups excluding carboxylic acids is 1. The number of benzene rings is 2. The summed E-state index contributed by atoms with van der Waals surface area (Å²) in [4.78, 5) is 12.4. The summed E-state index contributed by atoms with van der Waals surface area (Å²) in [6.07, 6.45) is 1.42. The van der Waals surface area contributed by atoms with Crippen LogP contribution in [0.25, 0.3) is 0 Å². The standard InChI is InChI=1S/C18H19FN2O3S/c1-2-25(23,24)21-10-4-5-13-11-14(8-9-17(13)21)18(22)20-16-7-3-6-15(19)12-16/h3,6-9,11-12H,2,4-5,10H2,1H3,(H,20,22). The van der Waals surface area contributed by atoms with Gasteiger partial charge < -0.3 is 5.32 Å². The van der Waals surface area contributed by atoms with Crippen molar-refractivity contribution in [3.05, 3.63) is 59.4 Å². The molecule has 0 radical (unpaired) electrons. The highest BCUT2D eigenvalue weighted by atomic mass is 32.2. The molecule has 25 heavy (non-hydrogen) atoms. The summed E-state index contributed by atoms with van der Waals surface area (Å²) < 4.78 is 39.1. The molecule has 1 heterocycles. The molecule has 1 aliphatic heterocycles. The minimum Gasteiger partial charge on any atom is -0.322 e. The maximum absolute atomic E-state index is 13.2. The van der Waals surface area contributed by atoms with Gasteiger partial charge in [-0.2, -0.15) is 0 Å². The number of fused-ring (bicyclic) bond motifs is 1. The third-order valence-electron chi connectivity index (χ3n) is 4.20. The van der Waals surface area contributed by atoms with Crippen molar-refractivity contribution in [3.8, 4) is 0 Å². The van der Waals surface area contributed by atoms with Crippen LogP contribution in [0.15, 0.2) is 42.5 Å². The summed E-state index contributed by atoms with van der Waals surface area (Å²) in [6, 6.07) is 10.6. The van der Waals surface area contributed by atoms with E-state index in [1.807, 2.05) is 0 Å². The molecule has 0 spiro atoms. The van der Waals surface area contributed by atoms with Crippen molar-refractivity contribution in [2.24, 2.45) is 0 Å². The van der Waals surface area contributed by atoms with E-state index in [1.165, 1.54) is 22.5 Å². The predicted octanol–water partition coefficient (Wildman–Crippen LogP) is 3.18. The molecule has 3 rings (SSSR count). The number of rotatable bonds is 4. The van der Waals surface area contributed by atoms with Gasteiger partial charge in [0.2, 0.25) is 10.0 Å². The molecule has 0 aromatic heterocycles. The van der Waals surface area contributed by atoms with Gasteiger partial charge in [-0.15, -0.1) is 0 Å². The van der Waals surface area contributed by atoms with Crippen LogP contribution in [-0.2, 0) is 16.4 Å². The number of amides is 1. The van der Waals surface area contributed by atoms with E-state index in [0.717, 1.165) is 5.56 Å². The summed E-state index contributed by atoms with van der Waals surface area (Å²) in [5.41, 5.74) is 2.25. The van der Waals surface area contributed by atoms with Gasteiger partial charge in [0.25, 0.3) is 5.91 Å². The lowest BCUT2D eigenvalue weighted by atomic mass is 10.0. The van der Waals surface area contributed by atoms with Crippen LogP contribution in [0.4, 0.5) is 15.8 Å². The molecule has 2 aromatic carbocycles. The van der Waals surface area contributed by atoms with Crippen LogP contribution in [0.2, 0.25) is 0 Å². The second kappa shape index (κ2) is 6.84. The van der Waals surface area contributed by atoms with Crippen LogP contribution in [0.5, 0.6) is 0 Å². The highest BCUT2D eigenvalue weighted by Gasteiger charge is 2.26. The maximum Gasteiger partial charge on any atom is 0.255 e. The number of aryl methyl sites for hydroxylation is 1. The molecule has 132 valence electrons. The van der Waals surface area contributed by atoms with E-state index in [9.17, 15) is 17.6 Å². The van der Waals surface area contributed by atoms with Gasteiger partial charge in [-0.05, 0) is 61.7 Å². The van der Waals surface area contributed by atoms with Crippen LogP contribution in [0.3, 0.4) is 0 Å². The molecule has 1 N–H and O–H groups in total. The van der Waals surface area contributed by atoms with E-state index in [4.69, 9.17) is 0 Å². The van der Waals surface area contributed by atoms with Crippen molar-refractivity contribution in [2.75, 3.05) is 21.9 Å². The molecule has 1 amide bonds. The van der Waals surface area contributed by atoms with Crippen LogP contribution in [0, 0.1) is 5.82 Å². The minimum atomic E-state index is -3.33. The predicted molar refractivity (Wildman–Crippen MR) is 95.9 cm³/mol. The first kappa shape index (κ1) is 17.4. The molecule has 1 aliphatic rings. The molecule has 0 saturated heterocycles. The highest BCUT2D eigenvalue weighted by molar-refractivity contribution is 7.92. The Morgan fingerprint density at radius 1 is 1.24 bits per heavy atom. The quantitative estimate of drug-likeness (QED) is 0.908. The van der Waals surface area contributed by atoms with E-state index >= 15 is 0 Å². The largest absolute Gasteiger partial charge is 0.322 e. The SMILES string of the molecule is CCS(=O)(=O)N1CCCc2cc(C(=O)Nc3cccc(F)c3)ccc21. The lowest BCUT2D eigenvalue weighted by molar-refractivity contribution is 0.102. The van der Waals surface area contributed by atoms with Crippen LogP contribution < -0.4 is 9.62 Å². The Morgan fingerprint density at radius 3 is 2.76 bits per heavy atom. The minimum absolute atomic E-state index is 0.0360. The first-order valence-corrected chi connectivity index (χ1v) is 9.72. The Kier molecular flexibility index (Phi) is 4.76. The number of nitrogens with zero attached hydrogens (tertiary/aromatic N) is 1. The maximum atomic E-state index is 13.2. The molecule has 7 heteroatoms. The number of sulfonamides is 1. The first-order chi connectivity index (χ1) is 11.9. The second-order valence-electron chi connectivity index (χ2n) is 5.88. The van der Waals surface area contributed by atoms with Gasteiger partial charge >= 0.3 is 0 Å². The Bertz CT molecular complexity index is 912. The number of nitrogens with one attached hydrogen (secondary N) is 1. The fourth-order valence-corrected chi connectivity index (χ4v) is 4.11. The van der Waals surface area contributed by atoms with E-state index in [0.29, 0.717) is 36.3 Å². The lowest BCUT2D eigenvalue weighted by Gasteiger charge is -2.30. The first-order valence-electron chi connectivity index (χ1n) is 8.11. The Hall–Kier alpha value is -2.41. The second-order valence-corrected chi connectivity index (χ2v) is 8.07. The van der Waals surface area contributed by atoms with Gasteiger partial charge in [0.15, 0.2) is 0 Å². The van der Waals surface area contributed by atoms with Gasteiger partial charge in [0.05, 0.1) is 11.4 Å². The molecular weight excluding hydrogens is 343 g/mol. The molecule has 0 saturated carbocycles. The van der Waals surface area contributed by atoms with Gasteiger partial charge in [-0.25, -0.2) is 12.8 Å². The number of halogens is 1. The van der Waals surface area contributed by atoms with Gasteiger partial charge in [-0.3, -0.25) is 9.10 Å². The zero-order valence-corrected chi connectivity index (χ0v) is 14.6. The Balaban J connectivity index is 1.87. The molecule has 0 fully saturated rings. The number of carbonyl (C=O) groups is 1. The van der Waals surface area contributed by atoms with E-state index in [-0.39, 0.29) is 11.7 Å². The van der Waals surface area contributed by atoms with E-state index in [2.05, 4.69) is 5.32 Å². The number of hydrogen-bond donors (Lipinski definition) is 1. The van der Waals surface area contributed by atoms with Gasteiger partial charge in [0, 0.05) is 17.8 Å². The summed E-state index contributed by atoms with van der Waals surface area (Å²) in [6.45, 7) is 2.07. The molecule has 0 bridgehead atoms. The lowest BCUT2D eigenvalue weighted by Crippen LogP contribution is -2.36. The third-order valence-corrected chi connectivity index (χ3v) is 5.98. The molecule has 2 aromatic rings. The number of hydrogen-bond acceptors (Lipinski definition) is 3. The molecule has 0 aliphatic carbocycles. The van der Waals surface area contributed by atoms with Gasteiger partial charge in [0.1, 0.15) is 5.82 Å². The fraction of sp³-hybridized carbons (Fsp3) is 0.278. The molecular formula is C18H19FN2O3S. The van der Waals surface area contributed by atoms with Crippen molar-refractivity contribution < 1.29 is 17.6 Å². The Morgan fingerprint density at radius 2 is 2.04 bits per heavy atom. The van der Waals surface area contributed by atoms with Crippen molar-refractivity contribution in [1.29, 1.82) is 0 Å². The summed E-state index contributed by atoms with van der Waals surface area (Å²) >= 11 is 0. The summed E-state index contributed by atoms with van der Waals surface area (Å²) in [5.74, 6) is -0.749. The smallest absolute Gasteiger partial charge is 0.255 e. The highest BCUT2D eigenvalue weighted by Crippen LogP contribution is 2.30. The molecule has 0 atom stereocenters. The topological polar surface area (TPSA) is 66.5 Å². The fourth-order valence-electron chi connectivity index (χ4n) is 2.92. The third kappa shape index (κ3) is 3.66. The van der Waals surface area contributed by atoms with Gasteiger partial charge in [-0.1, -0.05) is 6.07 Å². The van der Waals surface area contributed by atoms with Crippen molar-refractivity contribution >= 4 is 27.3 Å². The zero-order chi connectivity index (χ0) is 18.0. The monoisotopic (exact) mass is 362 g/mol. The summed E-state index contributed by atoms with van der Waals surface area (Å²) in [5, 5.41) is 2.65. The van der Waals surface area contributed by atoms with Crippen LogP contribution in [-0.4, -0.2) is 26.6 Å². The van der Waals surface area contributed by atoms with Crippen LogP contribution >= 0.6 is 0 Å². The van der Waals surface area contributed by atoms with Crippen LogP contribution in [0.1, 0.15) is 29.3 Å². The van der Waals surface area contributed by atoms with E-state index in [1.54, 1.807) is 31.2 Å². The van der Waals surface area contributed by atoms with Crippen molar-refractivity contribution in [1.82, 2.24) is 0 Å².